The van der Waals surface area contributed by atoms with E-state index >= 15 is 0 Å². The van der Waals surface area contributed by atoms with E-state index in [1.165, 1.54) is 17.4 Å². The molecule has 0 aliphatic heterocycles. The van der Waals surface area contributed by atoms with Crippen LogP contribution < -0.4 is 20.1 Å². The number of para-hydroxylation sites is 2. The summed E-state index contributed by atoms with van der Waals surface area (Å²) in [6.07, 6.45) is 3.09. The number of amides is 2. The molecule has 0 bridgehead atoms. The maximum atomic E-state index is 13.7. The van der Waals surface area contributed by atoms with Crippen molar-refractivity contribution in [2.75, 3.05) is 6.61 Å². The van der Waals surface area contributed by atoms with Crippen molar-refractivity contribution in [3.8, 4) is 11.5 Å². The second-order valence-electron chi connectivity index (χ2n) is 8.04. The molecule has 1 saturated carbocycles. The first-order valence-corrected chi connectivity index (χ1v) is 12.0. The number of hydrogen-bond donors (Lipinski definition) is 2. The molecule has 0 saturated heterocycles. The van der Waals surface area contributed by atoms with Gasteiger partial charge in [-0.3, -0.25) is 9.59 Å². The number of benzene rings is 2. The zero-order chi connectivity index (χ0) is 23.8. The molecular formula is C25H26FN3O4S. The minimum absolute atomic E-state index is 0.0204. The van der Waals surface area contributed by atoms with Crippen molar-refractivity contribution in [2.45, 2.75) is 44.4 Å². The van der Waals surface area contributed by atoms with E-state index in [1.807, 2.05) is 30.3 Å². The monoisotopic (exact) mass is 483 g/mol. The average molecular weight is 484 g/mol. The van der Waals surface area contributed by atoms with Gasteiger partial charge < -0.3 is 20.1 Å². The van der Waals surface area contributed by atoms with Crippen LogP contribution in [0.2, 0.25) is 0 Å². The number of ether oxygens (including phenoxy) is 2. The van der Waals surface area contributed by atoms with Gasteiger partial charge in [0.25, 0.3) is 11.8 Å². The van der Waals surface area contributed by atoms with E-state index in [2.05, 4.69) is 15.6 Å². The number of halogens is 1. The summed E-state index contributed by atoms with van der Waals surface area (Å²) in [4.78, 5) is 29.0. The van der Waals surface area contributed by atoms with E-state index in [4.69, 9.17) is 9.47 Å². The summed E-state index contributed by atoms with van der Waals surface area (Å²) in [5.74, 6) is -0.0131. The SMILES string of the molecule is O=C(COc1ccccc1)NC1CCC(NC(=O)c2csc(COc3ccccc3F)n2)CC1. The largest absolute Gasteiger partial charge is 0.484 e. The normalized spacial score (nSPS) is 17.6. The van der Waals surface area contributed by atoms with E-state index in [-0.39, 0.29) is 42.9 Å². The predicted molar refractivity (Wildman–Crippen MR) is 126 cm³/mol. The van der Waals surface area contributed by atoms with Crippen molar-refractivity contribution >= 4 is 23.2 Å². The number of thiazole rings is 1. The van der Waals surface area contributed by atoms with Gasteiger partial charge in [0.05, 0.1) is 0 Å². The summed E-state index contributed by atoms with van der Waals surface area (Å²) >= 11 is 1.30. The van der Waals surface area contributed by atoms with Crippen molar-refractivity contribution in [1.82, 2.24) is 15.6 Å². The first kappa shape index (κ1) is 23.7. The molecule has 178 valence electrons. The number of rotatable bonds is 9. The maximum absolute atomic E-state index is 13.7. The van der Waals surface area contributed by atoms with Gasteiger partial charge in [-0.15, -0.1) is 11.3 Å². The second kappa shape index (κ2) is 11.6. The van der Waals surface area contributed by atoms with Crippen molar-refractivity contribution in [1.29, 1.82) is 0 Å². The Balaban J connectivity index is 1.17. The molecule has 1 heterocycles. The van der Waals surface area contributed by atoms with Crippen molar-refractivity contribution < 1.29 is 23.5 Å². The predicted octanol–water partition coefficient (Wildman–Crippen LogP) is 4.10. The Morgan fingerprint density at radius 2 is 1.62 bits per heavy atom. The molecule has 0 unspecified atom stereocenters. The fourth-order valence-corrected chi connectivity index (χ4v) is 4.44. The number of hydrogen-bond acceptors (Lipinski definition) is 6. The van der Waals surface area contributed by atoms with Gasteiger partial charge in [0.2, 0.25) is 0 Å². The lowest BCUT2D eigenvalue weighted by Crippen LogP contribution is -2.45. The molecule has 0 spiro atoms. The van der Waals surface area contributed by atoms with Crippen LogP contribution in [-0.4, -0.2) is 35.5 Å². The Morgan fingerprint density at radius 3 is 2.35 bits per heavy atom. The molecule has 2 amide bonds. The van der Waals surface area contributed by atoms with Crippen molar-refractivity contribution in [3.05, 3.63) is 76.5 Å². The standard InChI is InChI=1S/C25H26FN3O4S/c26-20-8-4-5-9-22(20)33-15-24-29-21(16-34-24)25(31)28-18-12-10-17(11-13-18)27-23(30)14-32-19-6-2-1-3-7-19/h1-9,16-18H,10-15H2,(H,27,30)(H,28,31). The average Bonchev–Trinajstić information content (AvgIpc) is 3.33. The minimum atomic E-state index is -0.437. The van der Waals surface area contributed by atoms with Crippen LogP contribution in [0.25, 0.3) is 0 Å². The highest BCUT2D eigenvalue weighted by atomic mass is 32.1. The molecule has 1 fully saturated rings. The van der Waals surface area contributed by atoms with Crippen molar-refractivity contribution in [2.24, 2.45) is 0 Å². The van der Waals surface area contributed by atoms with E-state index < -0.39 is 5.82 Å². The Hall–Kier alpha value is -3.46. The summed E-state index contributed by atoms with van der Waals surface area (Å²) in [6, 6.07) is 15.5. The molecule has 0 atom stereocenters. The Bertz CT molecular complexity index is 1100. The molecule has 2 aromatic carbocycles. The zero-order valence-electron chi connectivity index (χ0n) is 18.5. The van der Waals surface area contributed by atoms with Gasteiger partial charge in [0.15, 0.2) is 18.2 Å². The van der Waals surface area contributed by atoms with E-state index in [9.17, 15) is 14.0 Å². The Labute approximate surface area is 201 Å². The van der Waals surface area contributed by atoms with Crippen LogP contribution in [0, 0.1) is 5.82 Å². The van der Waals surface area contributed by atoms with Crippen LogP contribution >= 0.6 is 11.3 Å². The fourth-order valence-electron chi connectivity index (χ4n) is 3.76. The van der Waals surface area contributed by atoms with Gasteiger partial charge in [-0.25, -0.2) is 9.37 Å². The molecule has 1 aliphatic rings. The number of nitrogens with zero attached hydrogens (tertiary/aromatic N) is 1. The topological polar surface area (TPSA) is 89.6 Å². The quantitative estimate of drug-likeness (QED) is 0.478. The molecule has 2 N–H and O–H groups in total. The highest BCUT2D eigenvalue weighted by molar-refractivity contribution is 7.09. The zero-order valence-corrected chi connectivity index (χ0v) is 19.4. The van der Waals surface area contributed by atoms with E-state index in [1.54, 1.807) is 23.6 Å². The Kier molecular flexibility index (Phi) is 8.08. The highest BCUT2D eigenvalue weighted by Gasteiger charge is 2.24. The van der Waals surface area contributed by atoms with Crippen LogP contribution in [0.3, 0.4) is 0 Å². The van der Waals surface area contributed by atoms with Gasteiger partial charge in [0.1, 0.15) is 23.1 Å². The third-order valence-corrected chi connectivity index (χ3v) is 6.34. The lowest BCUT2D eigenvalue weighted by molar-refractivity contribution is -0.124. The van der Waals surface area contributed by atoms with Crippen LogP contribution in [0.1, 0.15) is 41.2 Å². The first-order chi connectivity index (χ1) is 16.6. The molecule has 34 heavy (non-hydrogen) atoms. The summed E-state index contributed by atoms with van der Waals surface area (Å²) in [7, 11) is 0. The van der Waals surface area contributed by atoms with Gasteiger partial charge in [-0.1, -0.05) is 30.3 Å². The van der Waals surface area contributed by atoms with Gasteiger partial charge in [-0.05, 0) is 49.9 Å². The number of aromatic nitrogens is 1. The third-order valence-electron chi connectivity index (χ3n) is 5.51. The molecule has 9 heteroatoms. The molecule has 1 aromatic heterocycles. The lowest BCUT2D eigenvalue weighted by Gasteiger charge is -2.29. The van der Waals surface area contributed by atoms with Gasteiger partial charge >= 0.3 is 0 Å². The number of carbonyl (C=O) groups excluding carboxylic acids is 2. The summed E-state index contributed by atoms with van der Waals surface area (Å²) in [5.41, 5.74) is 0.325. The summed E-state index contributed by atoms with van der Waals surface area (Å²) < 4.78 is 24.6. The third kappa shape index (κ3) is 6.77. The van der Waals surface area contributed by atoms with Crippen LogP contribution in [0.4, 0.5) is 4.39 Å². The molecule has 0 radical (unpaired) electrons. The van der Waals surface area contributed by atoms with Gasteiger partial charge in [0, 0.05) is 17.5 Å². The van der Waals surface area contributed by atoms with E-state index in [0.717, 1.165) is 25.7 Å². The molecule has 7 nitrogen and oxygen atoms in total. The molecular weight excluding hydrogens is 457 g/mol. The van der Waals surface area contributed by atoms with Crippen LogP contribution in [0.5, 0.6) is 11.5 Å². The summed E-state index contributed by atoms with van der Waals surface area (Å²) in [6.45, 7) is 0.0745. The smallest absolute Gasteiger partial charge is 0.270 e. The minimum Gasteiger partial charge on any atom is -0.484 e. The molecule has 3 aromatic rings. The lowest BCUT2D eigenvalue weighted by atomic mass is 9.91. The Morgan fingerprint density at radius 1 is 0.941 bits per heavy atom. The summed E-state index contributed by atoms with van der Waals surface area (Å²) in [5, 5.41) is 8.29. The molecule has 1 aliphatic carbocycles. The van der Waals surface area contributed by atoms with E-state index in [0.29, 0.717) is 16.5 Å². The van der Waals surface area contributed by atoms with Crippen LogP contribution in [0.15, 0.2) is 60.0 Å². The first-order valence-electron chi connectivity index (χ1n) is 11.2. The fraction of sp³-hybridized carbons (Fsp3) is 0.320. The highest BCUT2D eigenvalue weighted by Crippen LogP contribution is 2.21. The number of carbonyl (C=O) groups is 2. The maximum Gasteiger partial charge on any atom is 0.270 e. The molecule has 4 rings (SSSR count). The van der Waals surface area contributed by atoms with Gasteiger partial charge in [-0.2, -0.15) is 0 Å². The number of nitrogens with one attached hydrogen (secondary N) is 2. The van der Waals surface area contributed by atoms with Crippen molar-refractivity contribution in [3.63, 3.8) is 0 Å². The van der Waals surface area contributed by atoms with Crippen LogP contribution in [-0.2, 0) is 11.4 Å². The second-order valence-corrected chi connectivity index (χ2v) is 8.98.